The van der Waals surface area contributed by atoms with E-state index in [1.165, 1.54) is 22.3 Å². The van der Waals surface area contributed by atoms with E-state index in [1.54, 1.807) is 0 Å². The Morgan fingerprint density at radius 3 is 2.11 bits per heavy atom. The lowest BCUT2D eigenvalue weighted by molar-refractivity contribution is -0.0281. The van der Waals surface area contributed by atoms with Gasteiger partial charge in [0, 0.05) is 19.6 Å². The maximum absolute atomic E-state index is 11.5. The van der Waals surface area contributed by atoms with Crippen LogP contribution in [-0.2, 0) is 12.1 Å². The van der Waals surface area contributed by atoms with Crippen molar-refractivity contribution in [2.75, 3.05) is 13.1 Å². The fourth-order valence-corrected chi connectivity index (χ4v) is 4.26. The smallest absolute Gasteiger partial charge is 0.0923 e. The second-order valence-electron chi connectivity index (χ2n) is 7.64. The van der Waals surface area contributed by atoms with Crippen LogP contribution in [0.15, 0.2) is 78.9 Å². The van der Waals surface area contributed by atoms with Crippen LogP contribution in [0.3, 0.4) is 0 Å². The van der Waals surface area contributed by atoms with Gasteiger partial charge in [0.25, 0.3) is 0 Å². The lowest BCUT2D eigenvalue weighted by Gasteiger charge is -2.39. The molecule has 1 N–H and O–H groups in total. The van der Waals surface area contributed by atoms with E-state index in [9.17, 15) is 5.11 Å². The van der Waals surface area contributed by atoms with Gasteiger partial charge >= 0.3 is 0 Å². The lowest BCUT2D eigenvalue weighted by atomic mass is 9.80. The van der Waals surface area contributed by atoms with Crippen molar-refractivity contribution in [2.45, 2.75) is 31.9 Å². The van der Waals surface area contributed by atoms with Crippen molar-refractivity contribution in [3.05, 3.63) is 95.6 Å². The Bertz CT molecular complexity index is 881. The summed E-state index contributed by atoms with van der Waals surface area (Å²) in [5.41, 5.74) is 5.31. The summed E-state index contributed by atoms with van der Waals surface area (Å²) in [5.74, 6) is 0. The van der Waals surface area contributed by atoms with E-state index < -0.39 is 5.60 Å². The van der Waals surface area contributed by atoms with Crippen molar-refractivity contribution in [2.24, 2.45) is 0 Å². The summed E-state index contributed by atoms with van der Waals surface area (Å²) in [6.45, 7) is 4.94. The standard InChI is InChI=1S/C25H27NO/c1-20-23(22-11-6-3-7-12-22)13-8-14-24(20)25(27)15-17-26(18-16-25)19-21-9-4-2-5-10-21/h2-14,27H,15-19H2,1H3. The molecule has 138 valence electrons. The third kappa shape index (κ3) is 3.83. The number of benzene rings is 3. The van der Waals surface area contributed by atoms with Gasteiger partial charge in [0.1, 0.15) is 0 Å². The Hall–Kier alpha value is -2.42. The third-order valence-electron chi connectivity index (χ3n) is 5.85. The van der Waals surface area contributed by atoms with Gasteiger partial charge in [-0.1, -0.05) is 78.9 Å². The Morgan fingerprint density at radius 1 is 0.815 bits per heavy atom. The molecule has 2 heteroatoms. The molecule has 3 aromatic carbocycles. The molecule has 1 heterocycles. The van der Waals surface area contributed by atoms with E-state index in [-0.39, 0.29) is 0 Å². The number of aliphatic hydroxyl groups is 1. The SMILES string of the molecule is Cc1c(-c2ccccc2)cccc1C1(O)CCN(Cc2ccccc2)CC1. The Morgan fingerprint density at radius 2 is 1.44 bits per heavy atom. The first-order valence-electron chi connectivity index (χ1n) is 9.80. The zero-order valence-electron chi connectivity index (χ0n) is 15.9. The van der Waals surface area contributed by atoms with Gasteiger partial charge < -0.3 is 5.11 Å². The van der Waals surface area contributed by atoms with Crippen molar-refractivity contribution in [3.63, 3.8) is 0 Å². The molecule has 0 spiro atoms. The fraction of sp³-hybridized carbons (Fsp3) is 0.280. The normalized spacial score (nSPS) is 17.0. The van der Waals surface area contributed by atoms with Gasteiger partial charge in [-0.15, -0.1) is 0 Å². The third-order valence-corrected chi connectivity index (χ3v) is 5.85. The summed E-state index contributed by atoms with van der Waals surface area (Å²) in [4.78, 5) is 2.44. The van der Waals surface area contributed by atoms with Crippen molar-refractivity contribution in [1.82, 2.24) is 4.90 Å². The number of hydrogen-bond donors (Lipinski definition) is 1. The number of rotatable bonds is 4. The van der Waals surface area contributed by atoms with Gasteiger partial charge in [-0.05, 0) is 47.6 Å². The van der Waals surface area contributed by atoms with E-state index in [2.05, 4.69) is 84.6 Å². The minimum Gasteiger partial charge on any atom is -0.385 e. The second kappa shape index (κ2) is 7.67. The zero-order chi connectivity index (χ0) is 18.7. The summed E-state index contributed by atoms with van der Waals surface area (Å²) in [5, 5.41) is 11.5. The Balaban J connectivity index is 1.52. The largest absolute Gasteiger partial charge is 0.385 e. The fourth-order valence-electron chi connectivity index (χ4n) is 4.26. The summed E-state index contributed by atoms with van der Waals surface area (Å²) in [6, 6.07) is 27.4. The molecule has 0 bridgehead atoms. The van der Waals surface area contributed by atoms with Gasteiger partial charge in [0.2, 0.25) is 0 Å². The van der Waals surface area contributed by atoms with Crippen LogP contribution in [0, 0.1) is 6.92 Å². The van der Waals surface area contributed by atoms with Crippen molar-refractivity contribution >= 4 is 0 Å². The molecule has 4 rings (SSSR count). The highest BCUT2D eigenvalue weighted by Gasteiger charge is 2.35. The summed E-state index contributed by atoms with van der Waals surface area (Å²) in [7, 11) is 0. The highest BCUT2D eigenvalue weighted by molar-refractivity contribution is 5.68. The minimum absolute atomic E-state index is 0.734. The molecule has 1 aliphatic rings. The topological polar surface area (TPSA) is 23.5 Å². The van der Waals surface area contributed by atoms with E-state index in [4.69, 9.17) is 0 Å². The average molecular weight is 357 g/mol. The lowest BCUT2D eigenvalue weighted by Crippen LogP contribution is -2.42. The van der Waals surface area contributed by atoms with Crippen LogP contribution in [-0.4, -0.2) is 23.1 Å². The van der Waals surface area contributed by atoms with Crippen molar-refractivity contribution < 1.29 is 5.11 Å². The summed E-state index contributed by atoms with van der Waals surface area (Å²) < 4.78 is 0. The van der Waals surface area contributed by atoms with Gasteiger partial charge in [0.05, 0.1) is 5.60 Å². The van der Waals surface area contributed by atoms with Gasteiger partial charge in [0.15, 0.2) is 0 Å². The highest BCUT2D eigenvalue weighted by atomic mass is 16.3. The van der Waals surface area contributed by atoms with Gasteiger partial charge in [-0.2, -0.15) is 0 Å². The van der Waals surface area contributed by atoms with Crippen LogP contribution in [0.25, 0.3) is 11.1 Å². The minimum atomic E-state index is -0.734. The molecule has 2 nitrogen and oxygen atoms in total. The van der Waals surface area contributed by atoms with Crippen LogP contribution in [0.1, 0.15) is 29.5 Å². The van der Waals surface area contributed by atoms with E-state index >= 15 is 0 Å². The van der Waals surface area contributed by atoms with Crippen LogP contribution in [0.4, 0.5) is 0 Å². The van der Waals surface area contributed by atoms with Crippen LogP contribution >= 0.6 is 0 Å². The Kier molecular flexibility index (Phi) is 5.11. The molecule has 0 radical (unpaired) electrons. The second-order valence-corrected chi connectivity index (χ2v) is 7.64. The first-order chi connectivity index (χ1) is 13.2. The molecule has 1 fully saturated rings. The molecular weight excluding hydrogens is 330 g/mol. The number of likely N-dealkylation sites (tertiary alicyclic amines) is 1. The van der Waals surface area contributed by atoms with E-state index in [0.29, 0.717) is 0 Å². The van der Waals surface area contributed by atoms with Crippen LogP contribution in [0.2, 0.25) is 0 Å². The Labute approximate surface area is 162 Å². The van der Waals surface area contributed by atoms with Crippen molar-refractivity contribution in [1.29, 1.82) is 0 Å². The maximum Gasteiger partial charge on any atom is 0.0923 e. The molecule has 0 amide bonds. The van der Waals surface area contributed by atoms with Crippen LogP contribution < -0.4 is 0 Å². The maximum atomic E-state index is 11.5. The first kappa shape index (κ1) is 18.0. The van der Waals surface area contributed by atoms with Gasteiger partial charge in [-0.25, -0.2) is 0 Å². The molecule has 0 aromatic heterocycles. The molecule has 0 saturated carbocycles. The highest BCUT2D eigenvalue weighted by Crippen LogP contribution is 2.38. The first-order valence-corrected chi connectivity index (χ1v) is 9.80. The summed E-state index contributed by atoms with van der Waals surface area (Å²) >= 11 is 0. The number of hydrogen-bond acceptors (Lipinski definition) is 2. The van der Waals surface area contributed by atoms with Gasteiger partial charge in [-0.3, -0.25) is 4.90 Å². The molecule has 0 unspecified atom stereocenters. The predicted octanol–water partition coefficient (Wildman–Crippen LogP) is 5.15. The monoisotopic (exact) mass is 357 g/mol. The molecular formula is C25H27NO. The molecule has 0 aliphatic carbocycles. The predicted molar refractivity (Wildman–Crippen MR) is 111 cm³/mol. The van der Waals surface area contributed by atoms with Crippen LogP contribution in [0.5, 0.6) is 0 Å². The van der Waals surface area contributed by atoms with Crippen molar-refractivity contribution in [3.8, 4) is 11.1 Å². The molecule has 1 saturated heterocycles. The number of piperidine rings is 1. The summed E-state index contributed by atoms with van der Waals surface area (Å²) in [6.07, 6.45) is 1.55. The molecule has 0 atom stereocenters. The van der Waals surface area contributed by atoms with E-state index in [0.717, 1.165) is 38.0 Å². The molecule has 1 aliphatic heterocycles. The molecule has 27 heavy (non-hydrogen) atoms. The zero-order valence-corrected chi connectivity index (χ0v) is 15.9. The molecule has 3 aromatic rings. The average Bonchev–Trinajstić information content (AvgIpc) is 2.71. The van der Waals surface area contributed by atoms with E-state index in [1.807, 2.05) is 6.07 Å². The quantitative estimate of drug-likeness (QED) is 0.698. The number of nitrogens with zero attached hydrogens (tertiary/aromatic N) is 1.